The molecule has 2 rings (SSSR count). The minimum Gasteiger partial charge on any atom is -0.354 e. The third kappa shape index (κ3) is 2.98. The Hall–Kier alpha value is -1.63. The molecule has 2 heterocycles. The molecule has 1 aliphatic rings. The highest BCUT2D eigenvalue weighted by molar-refractivity contribution is 7.15. The number of urea groups is 1. The minimum atomic E-state index is -0.444. The van der Waals surface area contributed by atoms with Crippen molar-refractivity contribution in [2.45, 2.75) is 32.7 Å². The van der Waals surface area contributed by atoms with Crippen molar-refractivity contribution in [1.82, 2.24) is 15.6 Å². The van der Waals surface area contributed by atoms with Gasteiger partial charge in [-0.25, -0.2) is 9.78 Å². The van der Waals surface area contributed by atoms with Crippen LogP contribution >= 0.6 is 11.3 Å². The third-order valence-electron chi connectivity index (χ3n) is 2.84. The molecule has 0 radical (unpaired) electrons. The zero-order valence-electron chi connectivity index (χ0n) is 10.4. The highest BCUT2D eigenvalue weighted by Crippen LogP contribution is 2.20. The van der Waals surface area contributed by atoms with E-state index in [9.17, 15) is 9.59 Å². The number of anilines is 1. The lowest BCUT2D eigenvalue weighted by Gasteiger charge is -2.22. The van der Waals surface area contributed by atoms with Gasteiger partial charge in [0.1, 0.15) is 6.04 Å². The second-order valence-electron chi connectivity index (χ2n) is 4.24. The van der Waals surface area contributed by atoms with Crippen LogP contribution in [0.25, 0.3) is 0 Å². The minimum absolute atomic E-state index is 0.122. The SMILES string of the molecule is Cc1nc(NC(=O)N[C@H]2CCCNC2=O)sc1C. The Kier molecular flexibility index (Phi) is 3.81. The predicted octanol–water partition coefficient (Wildman–Crippen LogP) is 1.16. The molecule has 1 atom stereocenters. The number of hydrogen-bond donors (Lipinski definition) is 3. The highest BCUT2D eigenvalue weighted by Gasteiger charge is 2.23. The molecule has 1 saturated heterocycles. The first-order chi connectivity index (χ1) is 8.56. The molecular formula is C11H16N4O2S. The van der Waals surface area contributed by atoms with E-state index in [4.69, 9.17) is 0 Å². The van der Waals surface area contributed by atoms with E-state index in [0.29, 0.717) is 18.1 Å². The van der Waals surface area contributed by atoms with Gasteiger partial charge in [0.2, 0.25) is 5.91 Å². The summed E-state index contributed by atoms with van der Waals surface area (Å²) in [5, 5.41) is 8.57. The van der Waals surface area contributed by atoms with Crippen LogP contribution in [-0.2, 0) is 4.79 Å². The maximum atomic E-state index is 11.7. The van der Waals surface area contributed by atoms with Crippen LogP contribution < -0.4 is 16.0 Å². The topological polar surface area (TPSA) is 83.1 Å². The van der Waals surface area contributed by atoms with E-state index in [1.165, 1.54) is 11.3 Å². The molecule has 1 aromatic heterocycles. The van der Waals surface area contributed by atoms with Gasteiger partial charge in [-0.3, -0.25) is 10.1 Å². The summed E-state index contributed by atoms with van der Waals surface area (Å²) < 4.78 is 0. The molecule has 0 spiro atoms. The molecule has 3 N–H and O–H groups in total. The van der Waals surface area contributed by atoms with Crippen molar-refractivity contribution in [2.24, 2.45) is 0 Å². The summed E-state index contributed by atoms with van der Waals surface area (Å²) in [7, 11) is 0. The Balaban J connectivity index is 1.90. The summed E-state index contributed by atoms with van der Waals surface area (Å²) in [5.74, 6) is -0.122. The van der Waals surface area contributed by atoms with Crippen molar-refractivity contribution in [2.75, 3.05) is 11.9 Å². The third-order valence-corrected chi connectivity index (χ3v) is 3.83. The standard InChI is InChI=1S/C11H16N4O2S/c1-6-7(2)18-11(13-6)15-10(17)14-8-4-3-5-12-9(8)16/h8H,3-5H2,1-2H3,(H,12,16)(H2,13,14,15,17)/t8-/m0/s1. The molecule has 1 fully saturated rings. The van der Waals surface area contributed by atoms with E-state index in [2.05, 4.69) is 20.9 Å². The van der Waals surface area contributed by atoms with Gasteiger partial charge in [-0.15, -0.1) is 11.3 Å². The largest absolute Gasteiger partial charge is 0.354 e. The molecule has 7 heteroatoms. The van der Waals surface area contributed by atoms with Crippen molar-refractivity contribution < 1.29 is 9.59 Å². The Morgan fingerprint density at radius 1 is 1.50 bits per heavy atom. The number of piperidine rings is 1. The number of nitrogens with one attached hydrogen (secondary N) is 3. The fourth-order valence-electron chi connectivity index (χ4n) is 1.73. The maximum absolute atomic E-state index is 11.7. The molecule has 0 aliphatic carbocycles. The van der Waals surface area contributed by atoms with Crippen molar-refractivity contribution in [3.05, 3.63) is 10.6 Å². The number of hydrogen-bond acceptors (Lipinski definition) is 4. The van der Waals surface area contributed by atoms with Gasteiger partial charge in [0, 0.05) is 11.4 Å². The van der Waals surface area contributed by atoms with E-state index in [1.807, 2.05) is 13.8 Å². The molecular weight excluding hydrogens is 252 g/mol. The molecule has 0 bridgehead atoms. The van der Waals surface area contributed by atoms with Crippen LogP contribution in [0.4, 0.5) is 9.93 Å². The van der Waals surface area contributed by atoms with Crippen molar-refractivity contribution in [3.8, 4) is 0 Å². The second kappa shape index (κ2) is 5.34. The van der Waals surface area contributed by atoms with Crippen LogP contribution in [0.1, 0.15) is 23.4 Å². The maximum Gasteiger partial charge on any atom is 0.321 e. The molecule has 1 aromatic rings. The summed E-state index contributed by atoms with van der Waals surface area (Å²) in [4.78, 5) is 28.5. The van der Waals surface area contributed by atoms with Gasteiger partial charge in [-0.2, -0.15) is 0 Å². The fraction of sp³-hybridized carbons (Fsp3) is 0.545. The first-order valence-corrected chi connectivity index (χ1v) is 6.67. The van der Waals surface area contributed by atoms with Crippen LogP contribution in [0.2, 0.25) is 0 Å². The molecule has 0 saturated carbocycles. The quantitative estimate of drug-likeness (QED) is 0.752. The van der Waals surface area contributed by atoms with Crippen LogP contribution in [0.3, 0.4) is 0 Å². The van der Waals surface area contributed by atoms with Crippen LogP contribution in [0.15, 0.2) is 0 Å². The van der Waals surface area contributed by atoms with Crippen molar-refractivity contribution in [3.63, 3.8) is 0 Å². The number of rotatable bonds is 2. The molecule has 6 nitrogen and oxygen atoms in total. The molecule has 18 heavy (non-hydrogen) atoms. The highest BCUT2D eigenvalue weighted by atomic mass is 32.1. The van der Waals surface area contributed by atoms with E-state index in [-0.39, 0.29) is 11.9 Å². The summed E-state index contributed by atoms with van der Waals surface area (Å²) in [6, 6.07) is -0.827. The average molecular weight is 268 g/mol. The Bertz CT molecular complexity index is 452. The van der Waals surface area contributed by atoms with E-state index >= 15 is 0 Å². The zero-order valence-corrected chi connectivity index (χ0v) is 11.2. The van der Waals surface area contributed by atoms with E-state index in [0.717, 1.165) is 17.0 Å². The summed E-state index contributed by atoms with van der Waals surface area (Å²) >= 11 is 1.42. The lowest BCUT2D eigenvalue weighted by molar-refractivity contribution is -0.124. The van der Waals surface area contributed by atoms with Gasteiger partial charge in [-0.05, 0) is 26.7 Å². The number of thiazole rings is 1. The van der Waals surface area contributed by atoms with Crippen molar-refractivity contribution >= 4 is 28.4 Å². The number of aryl methyl sites for hydroxylation is 2. The van der Waals surface area contributed by atoms with Gasteiger partial charge < -0.3 is 10.6 Å². The normalized spacial score (nSPS) is 19.2. The summed E-state index contributed by atoms with van der Waals surface area (Å²) in [5.41, 5.74) is 0.908. The number of aromatic nitrogens is 1. The number of carbonyl (C=O) groups is 2. The average Bonchev–Trinajstić information content (AvgIpc) is 2.61. The smallest absolute Gasteiger partial charge is 0.321 e. The Morgan fingerprint density at radius 2 is 2.28 bits per heavy atom. The molecule has 0 unspecified atom stereocenters. The Labute approximate surface area is 109 Å². The molecule has 1 aliphatic heterocycles. The number of carbonyl (C=O) groups excluding carboxylic acids is 2. The predicted molar refractivity (Wildman–Crippen MR) is 69.8 cm³/mol. The Morgan fingerprint density at radius 3 is 2.89 bits per heavy atom. The second-order valence-corrected chi connectivity index (χ2v) is 5.45. The molecule has 3 amide bonds. The van der Waals surface area contributed by atoms with Gasteiger partial charge in [0.15, 0.2) is 5.13 Å². The molecule has 98 valence electrons. The number of nitrogens with zero attached hydrogens (tertiary/aromatic N) is 1. The van der Waals surface area contributed by atoms with Gasteiger partial charge in [0.05, 0.1) is 5.69 Å². The molecule has 0 aromatic carbocycles. The summed E-state index contributed by atoms with van der Waals surface area (Å²) in [6.45, 7) is 4.53. The lowest BCUT2D eigenvalue weighted by Crippen LogP contribution is -2.51. The first-order valence-electron chi connectivity index (χ1n) is 5.85. The lowest BCUT2D eigenvalue weighted by atomic mass is 10.1. The first kappa shape index (κ1) is 12.8. The van der Waals surface area contributed by atoms with E-state index < -0.39 is 6.04 Å². The van der Waals surface area contributed by atoms with Crippen molar-refractivity contribution in [1.29, 1.82) is 0 Å². The van der Waals surface area contributed by atoms with Gasteiger partial charge in [0.25, 0.3) is 0 Å². The zero-order chi connectivity index (χ0) is 13.1. The van der Waals surface area contributed by atoms with Crippen LogP contribution in [0, 0.1) is 13.8 Å². The monoisotopic (exact) mass is 268 g/mol. The van der Waals surface area contributed by atoms with E-state index in [1.54, 1.807) is 0 Å². The van der Waals surface area contributed by atoms with Gasteiger partial charge in [-0.1, -0.05) is 0 Å². The van der Waals surface area contributed by atoms with Gasteiger partial charge >= 0.3 is 6.03 Å². The summed E-state index contributed by atoms with van der Waals surface area (Å²) in [6.07, 6.45) is 1.56. The van der Waals surface area contributed by atoms with Crippen LogP contribution in [0.5, 0.6) is 0 Å². The fourth-order valence-corrected chi connectivity index (χ4v) is 2.54. The van der Waals surface area contributed by atoms with Crippen LogP contribution in [-0.4, -0.2) is 29.5 Å². The number of amides is 3.